The van der Waals surface area contributed by atoms with Crippen LogP contribution < -0.4 is 5.32 Å². The molecule has 7 heteroatoms. The summed E-state index contributed by atoms with van der Waals surface area (Å²) in [6.07, 6.45) is 1.64. The Morgan fingerprint density at radius 2 is 2.04 bits per heavy atom. The van der Waals surface area contributed by atoms with Crippen molar-refractivity contribution in [1.29, 1.82) is 0 Å². The van der Waals surface area contributed by atoms with Crippen LogP contribution in [0.4, 0.5) is 0 Å². The van der Waals surface area contributed by atoms with E-state index in [1.807, 2.05) is 6.92 Å². The van der Waals surface area contributed by atoms with Gasteiger partial charge in [-0.15, -0.1) is 24.0 Å². The fourth-order valence-electron chi connectivity index (χ4n) is 3.01. The number of nitrogens with one attached hydrogen (secondary N) is 1. The van der Waals surface area contributed by atoms with E-state index in [-0.39, 0.29) is 35.9 Å². The summed E-state index contributed by atoms with van der Waals surface area (Å²) in [5, 5.41) is 3.37. The SMILES string of the molecule is CCNC(=NCc1ccc(Br)cc1C)N1CCC(C(=O)OCC)CC1.I. The highest BCUT2D eigenvalue weighted by atomic mass is 127. The first-order valence-electron chi connectivity index (χ1n) is 9.00. The number of hydrogen-bond acceptors (Lipinski definition) is 3. The van der Waals surface area contributed by atoms with E-state index in [4.69, 9.17) is 9.73 Å². The van der Waals surface area contributed by atoms with E-state index in [1.165, 1.54) is 11.1 Å². The summed E-state index contributed by atoms with van der Waals surface area (Å²) in [5.41, 5.74) is 2.45. The summed E-state index contributed by atoms with van der Waals surface area (Å²) in [6.45, 7) is 9.63. The number of benzene rings is 1. The number of likely N-dealkylation sites (tertiary alicyclic amines) is 1. The van der Waals surface area contributed by atoms with Crippen molar-refractivity contribution >= 4 is 51.8 Å². The number of rotatable bonds is 5. The molecular weight excluding hydrogens is 509 g/mol. The molecule has 0 aliphatic carbocycles. The van der Waals surface area contributed by atoms with Gasteiger partial charge in [0.15, 0.2) is 5.96 Å². The molecular formula is C19H29BrIN3O2. The Labute approximate surface area is 182 Å². The lowest BCUT2D eigenvalue weighted by atomic mass is 9.97. The monoisotopic (exact) mass is 537 g/mol. The minimum Gasteiger partial charge on any atom is -0.466 e. The molecule has 5 nitrogen and oxygen atoms in total. The van der Waals surface area contributed by atoms with Crippen molar-refractivity contribution in [2.24, 2.45) is 10.9 Å². The molecule has 2 rings (SSSR count). The Bertz CT molecular complexity index is 617. The third kappa shape index (κ3) is 6.72. The molecule has 146 valence electrons. The number of ether oxygens (including phenoxy) is 1. The number of nitrogens with zero attached hydrogens (tertiary/aromatic N) is 2. The summed E-state index contributed by atoms with van der Waals surface area (Å²) in [4.78, 5) is 18.9. The molecule has 1 aromatic carbocycles. The number of guanidine groups is 1. The van der Waals surface area contributed by atoms with E-state index in [2.05, 4.69) is 58.2 Å². The van der Waals surface area contributed by atoms with Gasteiger partial charge in [-0.25, -0.2) is 4.99 Å². The molecule has 1 fully saturated rings. The number of esters is 1. The number of carbonyl (C=O) groups is 1. The molecule has 1 heterocycles. The van der Waals surface area contributed by atoms with E-state index in [0.717, 1.165) is 42.9 Å². The molecule has 1 aromatic rings. The van der Waals surface area contributed by atoms with Crippen molar-refractivity contribution in [1.82, 2.24) is 10.2 Å². The van der Waals surface area contributed by atoms with Crippen LogP contribution in [0.15, 0.2) is 27.7 Å². The van der Waals surface area contributed by atoms with Gasteiger partial charge in [-0.2, -0.15) is 0 Å². The molecule has 0 amide bonds. The summed E-state index contributed by atoms with van der Waals surface area (Å²) >= 11 is 3.50. The maximum atomic E-state index is 11.9. The van der Waals surface area contributed by atoms with Gasteiger partial charge in [0, 0.05) is 24.1 Å². The Morgan fingerprint density at radius 1 is 1.35 bits per heavy atom. The molecule has 0 aromatic heterocycles. The van der Waals surface area contributed by atoms with Crippen LogP contribution in [0.1, 0.15) is 37.8 Å². The van der Waals surface area contributed by atoms with Gasteiger partial charge in [0.1, 0.15) is 0 Å². The third-order valence-electron chi connectivity index (χ3n) is 4.45. The molecule has 1 saturated heterocycles. The van der Waals surface area contributed by atoms with Gasteiger partial charge in [0.05, 0.1) is 19.1 Å². The summed E-state index contributed by atoms with van der Waals surface area (Å²) in [6, 6.07) is 6.28. The molecule has 0 bridgehead atoms. The van der Waals surface area contributed by atoms with E-state index in [0.29, 0.717) is 13.2 Å². The van der Waals surface area contributed by atoms with Gasteiger partial charge in [-0.3, -0.25) is 4.79 Å². The van der Waals surface area contributed by atoms with Crippen LogP contribution >= 0.6 is 39.9 Å². The maximum absolute atomic E-state index is 11.9. The fraction of sp³-hybridized carbons (Fsp3) is 0.579. The first kappa shape index (κ1) is 23.2. The number of carbonyl (C=O) groups excluding carboxylic acids is 1. The number of aryl methyl sites for hydroxylation is 1. The van der Waals surface area contributed by atoms with Crippen molar-refractivity contribution in [2.45, 2.75) is 40.2 Å². The second kappa shape index (κ2) is 11.8. The second-order valence-electron chi connectivity index (χ2n) is 6.25. The zero-order valence-corrected chi connectivity index (χ0v) is 19.7. The Balaban J connectivity index is 0.00000338. The largest absolute Gasteiger partial charge is 0.466 e. The van der Waals surface area contributed by atoms with Gasteiger partial charge in [0.25, 0.3) is 0 Å². The lowest BCUT2D eigenvalue weighted by molar-refractivity contribution is -0.149. The molecule has 26 heavy (non-hydrogen) atoms. The third-order valence-corrected chi connectivity index (χ3v) is 4.95. The van der Waals surface area contributed by atoms with Crippen molar-refractivity contribution in [3.8, 4) is 0 Å². The Kier molecular flexibility index (Phi) is 10.5. The minimum atomic E-state index is -0.0606. The van der Waals surface area contributed by atoms with Crippen molar-refractivity contribution in [2.75, 3.05) is 26.2 Å². The van der Waals surface area contributed by atoms with E-state index < -0.39 is 0 Å². The Morgan fingerprint density at radius 3 is 2.62 bits per heavy atom. The first-order chi connectivity index (χ1) is 12.0. The maximum Gasteiger partial charge on any atom is 0.309 e. The zero-order valence-electron chi connectivity index (χ0n) is 15.8. The van der Waals surface area contributed by atoms with Gasteiger partial charge in [-0.1, -0.05) is 22.0 Å². The molecule has 0 radical (unpaired) electrons. The molecule has 0 atom stereocenters. The number of halogens is 2. The average molecular weight is 538 g/mol. The summed E-state index contributed by atoms with van der Waals surface area (Å²) in [5.74, 6) is 0.884. The summed E-state index contributed by atoms with van der Waals surface area (Å²) in [7, 11) is 0. The highest BCUT2D eigenvalue weighted by Gasteiger charge is 2.27. The highest BCUT2D eigenvalue weighted by molar-refractivity contribution is 14.0. The Hall–Kier alpha value is -0.830. The van der Waals surface area contributed by atoms with Crippen molar-refractivity contribution < 1.29 is 9.53 Å². The molecule has 1 aliphatic rings. The quantitative estimate of drug-likeness (QED) is 0.266. The second-order valence-corrected chi connectivity index (χ2v) is 7.17. The van der Waals surface area contributed by atoms with Crippen molar-refractivity contribution in [3.63, 3.8) is 0 Å². The van der Waals surface area contributed by atoms with Crippen LogP contribution in [0.5, 0.6) is 0 Å². The minimum absolute atomic E-state index is 0. The van der Waals surface area contributed by atoms with E-state index in [1.54, 1.807) is 0 Å². The standard InChI is InChI=1S/C19H28BrN3O2.HI/c1-4-21-19(22-13-16-6-7-17(20)12-14(16)3)23-10-8-15(9-11-23)18(24)25-5-2;/h6-7,12,15H,4-5,8-11,13H2,1-3H3,(H,21,22);1H. The predicted octanol–water partition coefficient (Wildman–Crippen LogP) is 4.12. The van der Waals surface area contributed by atoms with E-state index in [9.17, 15) is 4.79 Å². The van der Waals surface area contributed by atoms with Crippen LogP contribution in [-0.4, -0.2) is 43.1 Å². The molecule has 0 saturated carbocycles. The van der Waals surface area contributed by atoms with Crippen LogP contribution in [0.2, 0.25) is 0 Å². The molecule has 1 N–H and O–H groups in total. The van der Waals surface area contributed by atoms with Gasteiger partial charge >= 0.3 is 5.97 Å². The number of hydrogen-bond donors (Lipinski definition) is 1. The molecule has 0 unspecified atom stereocenters. The van der Waals surface area contributed by atoms with Gasteiger partial charge in [-0.05, 0) is 56.9 Å². The number of aliphatic imine (C=N–C) groups is 1. The predicted molar refractivity (Wildman–Crippen MR) is 120 cm³/mol. The highest BCUT2D eigenvalue weighted by Crippen LogP contribution is 2.20. The lowest BCUT2D eigenvalue weighted by Gasteiger charge is -2.33. The van der Waals surface area contributed by atoms with Gasteiger partial charge in [0.2, 0.25) is 0 Å². The smallest absolute Gasteiger partial charge is 0.309 e. The normalized spacial score (nSPS) is 15.4. The average Bonchev–Trinajstić information content (AvgIpc) is 2.60. The van der Waals surface area contributed by atoms with Crippen LogP contribution in [0.3, 0.4) is 0 Å². The zero-order chi connectivity index (χ0) is 18.2. The lowest BCUT2D eigenvalue weighted by Crippen LogP contribution is -2.46. The fourth-order valence-corrected chi connectivity index (χ4v) is 3.49. The first-order valence-corrected chi connectivity index (χ1v) is 9.79. The molecule has 0 spiro atoms. The summed E-state index contributed by atoms with van der Waals surface area (Å²) < 4.78 is 6.23. The van der Waals surface area contributed by atoms with E-state index >= 15 is 0 Å². The van der Waals surface area contributed by atoms with Crippen molar-refractivity contribution in [3.05, 3.63) is 33.8 Å². The molecule has 1 aliphatic heterocycles. The van der Waals surface area contributed by atoms with Crippen LogP contribution in [-0.2, 0) is 16.1 Å². The number of piperidine rings is 1. The topological polar surface area (TPSA) is 53.9 Å². The van der Waals surface area contributed by atoms with Crippen LogP contribution in [0.25, 0.3) is 0 Å². The van der Waals surface area contributed by atoms with Gasteiger partial charge < -0.3 is 15.0 Å². The van der Waals surface area contributed by atoms with Crippen LogP contribution in [0, 0.1) is 12.8 Å².